The lowest BCUT2D eigenvalue weighted by Crippen LogP contribution is -2.49. The molecule has 0 radical (unpaired) electrons. The van der Waals surface area contributed by atoms with Gasteiger partial charge in [-0.05, 0) is 62.1 Å². The van der Waals surface area contributed by atoms with Gasteiger partial charge < -0.3 is 10.6 Å². The van der Waals surface area contributed by atoms with Gasteiger partial charge in [0.25, 0.3) is 0 Å². The van der Waals surface area contributed by atoms with Crippen molar-refractivity contribution < 1.29 is 9.59 Å². The number of aromatic nitrogens is 1. The maximum Gasteiger partial charge on any atom is 0.242 e. The van der Waals surface area contributed by atoms with Crippen LogP contribution >= 0.6 is 0 Å². The van der Waals surface area contributed by atoms with Crippen molar-refractivity contribution in [1.29, 1.82) is 0 Å². The van der Waals surface area contributed by atoms with E-state index in [-0.39, 0.29) is 29.8 Å². The Hall–Kier alpha value is -1.99. The Morgan fingerprint density at radius 2 is 1.96 bits per heavy atom. The second-order valence-corrected chi connectivity index (χ2v) is 7.68. The van der Waals surface area contributed by atoms with Crippen molar-refractivity contribution in [1.82, 2.24) is 26.5 Å². The summed E-state index contributed by atoms with van der Waals surface area (Å²) in [5.74, 6) is 0.331. The van der Waals surface area contributed by atoms with Crippen LogP contribution in [0, 0.1) is 11.8 Å². The van der Waals surface area contributed by atoms with E-state index < -0.39 is 0 Å². The van der Waals surface area contributed by atoms with Gasteiger partial charge in [0.15, 0.2) is 0 Å². The van der Waals surface area contributed by atoms with Crippen molar-refractivity contribution >= 4 is 11.8 Å². The minimum atomic E-state index is -0.376. The third-order valence-electron chi connectivity index (χ3n) is 6.04. The minimum Gasteiger partial charge on any atom is -0.354 e. The van der Waals surface area contributed by atoms with Gasteiger partial charge in [-0.15, -0.1) is 0 Å². The number of nitrogens with one attached hydrogen (secondary N) is 4. The fourth-order valence-corrected chi connectivity index (χ4v) is 4.56. The lowest BCUT2D eigenvalue weighted by molar-refractivity contribution is -0.132. The minimum absolute atomic E-state index is 0.0293. The van der Waals surface area contributed by atoms with Crippen LogP contribution < -0.4 is 21.5 Å². The van der Waals surface area contributed by atoms with Crippen LogP contribution in [0.15, 0.2) is 24.5 Å². The van der Waals surface area contributed by atoms with Crippen LogP contribution in [-0.4, -0.2) is 35.4 Å². The van der Waals surface area contributed by atoms with Gasteiger partial charge in [0, 0.05) is 30.9 Å². The summed E-state index contributed by atoms with van der Waals surface area (Å²) in [6.45, 7) is 0.712. The van der Waals surface area contributed by atoms with E-state index in [4.69, 9.17) is 0 Å². The van der Waals surface area contributed by atoms with Crippen LogP contribution in [-0.2, 0) is 9.59 Å². The van der Waals surface area contributed by atoms with E-state index in [0.717, 1.165) is 38.5 Å². The van der Waals surface area contributed by atoms with E-state index in [2.05, 4.69) is 26.5 Å². The maximum absolute atomic E-state index is 12.8. The molecule has 2 saturated heterocycles. The highest BCUT2D eigenvalue weighted by atomic mass is 16.2. The quantitative estimate of drug-likeness (QED) is 0.642. The molecule has 4 rings (SSSR count). The standard InChI is InChI=1S/C19H27N5O2/c25-18(22-16-3-1-2-8-21-19(16)26)13-4-5-15-14(11-13)17(24-23-15)12-6-9-20-10-7-12/h6-7,9-10,13-17,23-24H,1-5,8,11H2,(H,21,26)(H,22,25). The summed E-state index contributed by atoms with van der Waals surface area (Å²) in [6, 6.07) is 4.26. The molecule has 1 aromatic heterocycles. The summed E-state index contributed by atoms with van der Waals surface area (Å²) in [4.78, 5) is 29.0. The third-order valence-corrected chi connectivity index (χ3v) is 6.04. The zero-order chi connectivity index (χ0) is 17.9. The smallest absolute Gasteiger partial charge is 0.242 e. The first-order valence-corrected chi connectivity index (χ1v) is 9.71. The lowest BCUT2D eigenvalue weighted by Gasteiger charge is -2.33. The predicted octanol–water partition coefficient (Wildman–Crippen LogP) is 0.800. The Morgan fingerprint density at radius 3 is 2.81 bits per heavy atom. The van der Waals surface area contributed by atoms with Gasteiger partial charge in [0.2, 0.25) is 11.8 Å². The highest BCUT2D eigenvalue weighted by molar-refractivity contribution is 5.88. The third kappa shape index (κ3) is 3.59. The molecule has 5 unspecified atom stereocenters. The summed E-state index contributed by atoms with van der Waals surface area (Å²) in [7, 11) is 0. The SMILES string of the molecule is O=C(NC1CCCCNC1=O)C1CCC2NNC(c3ccncc3)C2C1. The number of pyridine rings is 1. The zero-order valence-corrected chi connectivity index (χ0v) is 14.9. The van der Waals surface area contributed by atoms with Gasteiger partial charge in [-0.25, -0.2) is 5.43 Å². The van der Waals surface area contributed by atoms with Gasteiger partial charge >= 0.3 is 0 Å². The van der Waals surface area contributed by atoms with Crippen molar-refractivity contribution in [3.63, 3.8) is 0 Å². The van der Waals surface area contributed by atoms with Gasteiger partial charge in [0.05, 0.1) is 6.04 Å². The molecule has 3 aliphatic rings. The van der Waals surface area contributed by atoms with Crippen LogP contribution in [0.1, 0.15) is 50.1 Å². The van der Waals surface area contributed by atoms with E-state index in [1.807, 2.05) is 24.5 Å². The average molecular weight is 357 g/mol. The van der Waals surface area contributed by atoms with Crippen molar-refractivity contribution in [2.75, 3.05) is 6.54 Å². The molecule has 7 nitrogen and oxygen atoms in total. The number of fused-ring (bicyclic) bond motifs is 1. The van der Waals surface area contributed by atoms with Crippen LogP contribution in [0.5, 0.6) is 0 Å². The highest BCUT2D eigenvalue weighted by Crippen LogP contribution is 2.40. The molecule has 26 heavy (non-hydrogen) atoms. The molecule has 1 saturated carbocycles. The molecule has 0 bridgehead atoms. The molecule has 4 N–H and O–H groups in total. The molecule has 1 aromatic rings. The molecule has 5 atom stereocenters. The number of amides is 2. The number of carbonyl (C=O) groups excluding carboxylic acids is 2. The zero-order valence-electron chi connectivity index (χ0n) is 14.9. The fraction of sp³-hybridized carbons (Fsp3) is 0.632. The number of hydrazine groups is 1. The van der Waals surface area contributed by atoms with Crippen molar-refractivity contribution in [3.8, 4) is 0 Å². The number of nitrogens with zero attached hydrogens (tertiary/aromatic N) is 1. The van der Waals surface area contributed by atoms with Crippen LogP contribution in [0.25, 0.3) is 0 Å². The predicted molar refractivity (Wildman–Crippen MR) is 96.7 cm³/mol. The number of hydrogen-bond acceptors (Lipinski definition) is 5. The molecule has 0 aromatic carbocycles. The monoisotopic (exact) mass is 357 g/mol. The van der Waals surface area contributed by atoms with Crippen LogP contribution in [0.4, 0.5) is 0 Å². The Labute approximate surface area is 153 Å². The summed E-state index contributed by atoms with van der Waals surface area (Å²) >= 11 is 0. The summed E-state index contributed by atoms with van der Waals surface area (Å²) < 4.78 is 0. The molecule has 2 aliphatic heterocycles. The molecule has 0 spiro atoms. The molecular weight excluding hydrogens is 330 g/mol. The number of carbonyl (C=O) groups is 2. The van der Waals surface area contributed by atoms with E-state index in [9.17, 15) is 9.59 Å². The largest absolute Gasteiger partial charge is 0.354 e. The van der Waals surface area contributed by atoms with E-state index in [0.29, 0.717) is 18.5 Å². The van der Waals surface area contributed by atoms with Crippen LogP contribution in [0.2, 0.25) is 0 Å². The lowest BCUT2D eigenvalue weighted by atomic mass is 9.74. The normalized spacial score (nSPS) is 34.5. The molecule has 3 fully saturated rings. The van der Waals surface area contributed by atoms with E-state index in [1.54, 1.807) is 0 Å². The van der Waals surface area contributed by atoms with Gasteiger partial charge in [-0.3, -0.25) is 20.0 Å². The first kappa shape index (κ1) is 17.4. The Bertz CT molecular complexity index is 653. The second kappa shape index (κ2) is 7.72. The number of rotatable bonds is 3. The maximum atomic E-state index is 12.8. The molecule has 3 heterocycles. The highest BCUT2D eigenvalue weighted by Gasteiger charge is 2.43. The molecule has 2 amide bonds. The van der Waals surface area contributed by atoms with Crippen LogP contribution in [0.3, 0.4) is 0 Å². The fourth-order valence-electron chi connectivity index (χ4n) is 4.56. The van der Waals surface area contributed by atoms with Gasteiger partial charge in [-0.2, -0.15) is 0 Å². The first-order chi connectivity index (χ1) is 12.7. The Kier molecular flexibility index (Phi) is 5.17. The molecule has 140 valence electrons. The van der Waals surface area contributed by atoms with E-state index >= 15 is 0 Å². The van der Waals surface area contributed by atoms with Crippen molar-refractivity contribution in [3.05, 3.63) is 30.1 Å². The topological polar surface area (TPSA) is 95.2 Å². The molecular formula is C19H27N5O2. The first-order valence-electron chi connectivity index (χ1n) is 9.71. The van der Waals surface area contributed by atoms with Gasteiger partial charge in [-0.1, -0.05) is 0 Å². The summed E-state index contributed by atoms with van der Waals surface area (Å²) in [6.07, 6.45) is 8.96. The summed E-state index contributed by atoms with van der Waals surface area (Å²) in [5, 5.41) is 5.90. The second-order valence-electron chi connectivity index (χ2n) is 7.68. The Morgan fingerprint density at radius 1 is 1.12 bits per heavy atom. The number of hydrogen-bond donors (Lipinski definition) is 4. The van der Waals surface area contributed by atoms with E-state index in [1.165, 1.54) is 5.56 Å². The van der Waals surface area contributed by atoms with Gasteiger partial charge in [0.1, 0.15) is 6.04 Å². The molecule has 7 heteroatoms. The average Bonchev–Trinajstić information content (AvgIpc) is 3.00. The summed E-state index contributed by atoms with van der Waals surface area (Å²) in [5.41, 5.74) is 7.99. The van der Waals surface area contributed by atoms with Crippen molar-refractivity contribution in [2.24, 2.45) is 11.8 Å². The molecule has 1 aliphatic carbocycles. The Balaban J connectivity index is 1.40. The van der Waals surface area contributed by atoms with Crippen molar-refractivity contribution in [2.45, 2.75) is 56.7 Å².